The summed E-state index contributed by atoms with van der Waals surface area (Å²) in [6.45, 7) is 3.66. The molecule has 0 saturated carbocycles. The Balaban J connectivity index is 0.000000613. The van der Waals surface area contributed by atoms with Crippen LogP contribution in [0.4, 0.5) is 5.69 Å². The van der Waals surface area contributed by atoms with E-state index in [9.17, 15) is 4.79 Å². The van der Waals surface area contributed by atoms with Crippen molar-refractivity contribution in [2.24, 2.45) is 0 Å². The van der Waals surface area contributed by atoms with E-state index < -0.39 is 0 Å². The molecule has 0 aliphatic carbocycles. The predicted molar refractivity (Wildman–Crippen MR) is 95.2 cm³/mol. The van der Waals surface area contributed by atoms with Gasteiger partial charge in [-0.1, -0.05) is 12.1 Å². The number of fused-ring (bicyclic) bond motifs is 2. The average molecular weight is 354 g/mol. The zero-order valence-electron chi connectivity index (χ0n) is 14.3. The maximum Gasteiger partial charge on any atom is 0.290 e. The normalized spacial score (nSPS) is 12.3. The number of carbonyl (C=O) groups excluding carboxylic acids is 1. The van der Waals surface area contributed by atoms with Gasteiger partial charge in [-0.3, -0.25) is 14.0 Å². The van der Waals surface area contributed by atoms with E-state index in [1.807, 2.05) is 42.6 Å². The first-order valence-electron chi connectivity index (χ1n) is 8.03. The second-order valence-electron chi connectivity index (χ2n) is 5.94. The highest BCUT2D eigenvalue weighted by Gasteiger charge is 2.19. The predicted octanol–water partition coefficient (Wildman–Crippen LogP) is 2.38. The van der Waals surface area contributed by atoms with E-state index in [0.717, 1.165) is 22.5 Å². The van der Waals surface area contributed by atoms with Crippen LogP contribution in [0, 0.1) is 0 Å². The molecule has 1 amide bonds. The Morgan fingerprint density at radius 2 is 2.12 bits per heavy atom. The standard InChI is InChI=1S/C17H16N4O2.CH2O2/c1-10(2)23-17-16-19-9-14(21(16)6-5-18-17)12-4-3-11-8-15(22)20-13(11)7-12;2-1-3/h3-7,9-10H,8H2,1-2H3,(H,20,22);1H,(H,2,3). The fourth-order valence-electron chi connectivity index (χ4n) is 2.79. The van der Waals surface area contributed by atoms with Gasteiger partial charge in [-0.2, -0.15) is 0 Å². The third-order valence-corrected chi connectivity index (χ3v) is 3.77. The second kappa shape index (κ2) is 7.22. The summed E-state index contributed by atoms with van der Waals surface area (Å²) in [7, 11) is 0. The Labute approximate surface area is 149 Å². The zero-order chi connectivity index (χ0) is 18.7. The summed E-state index contributed by atoms with van der Waals surface area (Å²) < 4.78 is 7.66. The van der Waals surface area contributed by atoms with E-state index in [2.05, 4.69) is 15.3 Å². The number of hydrogen-bond acceptors (Lipinski definition) is 5. The van der Waals surface area contributed by atoms with Crippen molar-refractivity contribution in [2.45, 2.75) is 26.4 Å². The molecule has 3 aromatic rings. The number of hydrogen-bond donors (Lipinski definition) is 2. The Morgan fingerprint density at radius 1 is 1.35 bits per heavy atom. The minimum Gasteiger partial charge on any atom is -0.483 e. The second-order valence-corrected chi connectivity index (χ2v) is 5.94. The Morgan fingerprint density at radius 3 is 2.85 bits per heavy atom. The molecule has 0 unspecified atom stereocenters. The van der Waals surface area contributed by atoms with Gasteiger partial charge in [0.2, 0.25) is 11.6 Å². The lowest BCUT2D eigenvalue weighted by Gasteiger charge is -2.10. The molecule has 3 heterocycles. The number of imidazole rings is 1. The van der Waals surface area contributed by atoms with Crippen LogP contribution in [0.3, 0.4) is 0 Å². The summed E-state index contributed by atoms with van der Waals surface area (Å²) >= 11 is 0. The van der Waals surface area contributed by atoms with Gasteiger partial charge < -0.3 is 15.2 Å². The first-order chi connectivity index (χ1) is 12.5. The quantitative estimate of drug-likeness (QED) is 0.700. The molecule has 8 nitrogen and oxygen atoms in total. The molecule has 0 radical (unpaired) electrons. The van der Waals surface area contributed by atoms with E-state index in [1.165, 1.54) is 0 Å². The van der Waals surface area contributed by atoms with E-state index in [0.29, 0.717) is 17.9 Å². The summed E-state index contributed by atoms with van der Waals surface area (Å²) in [5.41, 5.74) is 4.49. The van der Waals surface area contributed by atoms with Gasteiger partial charge in [0.25, 0.3) is 12.4 Å². The number of rotatable bonds is 3. The van der Waals surface area contributed by atoms with Crippen molar-refractivity contribution >= 4 is 23.7 Å². The maximum absolute atomic E-state index is 11.5. The van der Waals surface area contributed by atoms with Gasteiger partial charge in [-0.15, -0.1) is 0 Å². The number of carboxylic acid groups (broad SMARTS) is 1. The summed E-state index contributed by atoms with van der Waals surface area (Å²) in [6.07, 6.45) is 5.83. The summed E-state index contributed by atoms with van der Waals surface area (Å²) in [6, 6.07) is 5.97. The van der Waals surface area contributed by atoms with Crippen LogP contribution in [0.25, 0.3) is 16.9 Å². The monoisotopic (exact) mass is 354 g/mol. The van der Waals surface area contributed by atoms with Gasteiger partial charge in [0.05, 0.1) is 24.4 Å². The SMILES string of the molecule is CC(C)Oc1nccn2c(-c3ccc4c(c3)NC(=O)C4)cnc12.O=CO. The summed E-state index contributed by atoms with van der Waals surface area (Å²) in [5, 5.41) is 9.77. The van der Waals surface area contributed by atoms with Gasteiger partial charge in [0.1, 0.15) is 0 Å². The molecule has 1 aliphatic heterocycles. The van der Waals surface area contributed by atoms with Gasteiger partial charge in [0, 0.05) is 23.6 Å². The van der Waals surface area contributed by atoms with Crippen molar-refractivity contribution in [3.05, 3.63) is 42.4 Å². The van der Waals surface area contributed by atoms with Crippen molar-refractivity contribution in [1.29, 1.82) is 0 Å². The molecule has 0 fully saturated rings. The van der Waals surface area contributed by atoms with Crippen LogP contribution in [0.1, 0.15) is 19.4 Å². The Bertz CT molecular complexity index is 965. The third-order valence-electron chi connectivity index (χ3n) is 3.77. The molecular weight excluding hydrogens is 336 g/mol. The van der Waals surface area contributed by atoms with Crippen molar-refractivity contribution < 1.29 is 19.4 Å². The fourth-order valence-corrected chi connectivity index (χ4v) is 2.79. The third kappa shape index (κ3) is 3.34. The van der Waals surface area contributed by atoms with Crippen LogP contribution in [-0.4, -0.2) is 38.0 Å². The number of ether oxygens (including phenoxy) is 1. The van der Waals surface area contributed by atoms with Gasteiger partial charge >= 0.3 is 0 Å². The molecule has 0 spiro atoms. The molecule has 134 valence electrons. The number of anilines is 1. The van der Waals surface area contributed by atoms with Crippen molar-refractivity contribution in [3.8, 4) is 17.1 Å². The molecule has 2 aromatic heterocycles. The van der Waals surface area contributed by atoms with Crippen LogP contribution in [0.2, 0.25) is 0 Å². The fraction of sp³-hybridized carbons (Fsp3) is 0.222. The van der Waals surface area contributed by atoms with E-state index in [4.69, 9.17) is 14.6 Å². The molecule has 1 aliphatic rings. The van der Waals surface area contributed by atoms with E-state index in [-0.39, 0.29) is 18.5 Å². The summed E-state index contributed by atoms with van der Waals surface area (Å²) in [5.74, 6) is 0.551. The maximum atomic E-state index is 11.5. The number of carbonyl (C=O) groups is 2. The van der Waals surface area contributed by atoms with Gasteiger partial charge in [0.15, 0.2) is 0 Å². The average Bonchev–Trinajstić information content (AvgIpc) is 3.17. The topological polar surface area (TPSA) is 106 Å². The van der Waals surface area contributed by atoms with Gasteiger partial charge in [-0.05, 0) is 25.5 Å². The van der Waals surface area contributed by atoms with Crippen LogP contribution in [-0.2, 0) is 16.0 Å². The molecule has 0 bridgehead atoms. The highest BCUT2D eigenvalue weighted by molar-refractivity contribution is 5.99. The lowest BCUT2D eigenvalue weighted by atomic mass is 10.1. The molecule has 2 N–H and O–H groups in total. The first-order valence-corrected chi connectivity index (χ1v) is 8.03. The Kier molecular flexibility index (Phi) is 4.83. The molecule has 0 atom stereocenters. The number of nitrogens with zero attached hydrogens (tertiary/aromatic N) is 3. The lowest BCUT2D eigenvalue weighted by molar-refractivity contribution is -0.123. The lowest BCUT2D eigenvalue weighted by Crippen LogP contribution is -2.08. The van der Waals surface area contributed by atoms with Crippen molar-refractivity contribution in [3.63, 3.8) is 0 Å². The van der Waals surface area contributed by atoms with Gasteiger partial charge in [-0.25, -0.2) is 9.97 Å². The molecule has 26 heavy (non-hydrogen) atoms. The number of amides is 1. The Hall–Kier alpha value is -3.42. The highest BCUT2D eigenvalue weighted by Crippen LogP contribution is 2.30. The van der Waals surface area contributed by atoms with Crippen LogP contribution >= 0.6 is 0 Å². The minimum absolute atomic E-state index is 0.0315. The molecule has 4 rings (SSSR count). The molecular formula is C18H18N4O4. The largest absolute Gasteiger partial charge is 0.483 e. The van der Waals surface area contributed by atoms with Crippen LogP contribution in [0.5, 0.6) is 5.88 Å². The van der Waals surface area contributed by atoms with Crippen molar-refractivity contribution in [2.75, 3.05) is 5.32 Å². The molecule has 1 aromatic carbocycles. The minimum atomic E-state index is -0.250. The number of aromatic nitrogens is 3. The molecule has 0 saturated heterocycles. The van der Waals surface area contributed by atoms with Crippen LogP contribution in [0.15, 0.2) is 36.8 Å². The highest BCUT2D eigenvalue weighted by atomic mass is 16.5. The summed E-state index contributed by atoms with van der Waals surface area (Å²) in [4.78, 5) is 28.6. The zero-order valence-corrected chi connectivity index (χ0v) is 14.3. The van der Waals surface area contributed by atoms with E-state index in [1.54, 1.807) is 12.4 Å². The number of benzene rings is 1. The van der Waals surface area contributed by atoms with E-state index >= 15 is 0 Å². The first kappa shape index (κ1) is 17.4. The number of nitrogens with one attached hydrogen (secondary N) is 1. The molecule has 8 heteroatoms. The smallest absolute Gasteiger partial charge is 0.290 e. The van der Waals surface area contributed by atoms with Crippen LogP contribution < -0.4 is 10.1 Å². The van der Waals surface area contributed by atoms with Crippen molar-refractivity contribution in [1.82, 2.24) is 14.4 Å².